The first-order valence-electron chi connectivity index (χ1n) is 7.26. The zero-order chi connectivity index (χ0) is 16.1. The van der Waals surface area contributed by atoms with Crippen LogP contribution in [0.3, 0.4) is 0 Å². The third-order valence-electron chi connectivity index (χ3n) is 3.23. The lowest BCUT2D eigenvalue weighted by atomic mass is 10.2. The predicted molar refractivity (Wildman–Crippen MR) is 85.6 cm³/mol. The minimum atomic E-state index is -0.327. The summed E-state index contributed by atoms with van der Waals surface area (Å²) in [4.78, 5) is 11.7. The van der Waals surface area contributed by atoms with E-state index in [9.17, 15) is 4.79 Å². The largest absolute Gasteiger partial charge is 0.492 e. The fraction of sp³-hybridized carbons (Fsp3) is 0.333. The summed E-state index contributed by atoms with van der Waals surface area (Å²) in [7, 11) is 0. The Morgan fingerprint density at radius 2 is 2.13 bits per heavy atom. The van der Waals surface area contributed by atoms with Crippen LogP contribution in [0.4, 0.5) is 9.93 Å². The van der Waals surface area contributed by atoms with Crippen LogP contribution in [0.1, 0.15) is 29.3 Å². The van der Waals surface area contributed by atoms with Crippen LogP contribution in [-0.4, -0.2) is 29.4 Å². The van der Waals surface area contributed by atoms with Gasteiger partial charge in [0, 0.05) is 5.92 Å². The number of urea groups is 1. The van der Waals surface area contributed by atoms with E-state index >= 15 is 0 Å². The van der Waals surface area contributed by atoms with E-state index in [-0.39, 0.29) is 6.03 Å². The van der Waals surface area contributed by atoms with Crippen LogP contribution in [0.5, 0.6) is 5.75 Å². The molecule has 0 spiro atoms. The second-order valence-corrected chi connectivity index (χ2v) is 6.09. The van der Waals surface area contributed by atoms with Gasteiger partial charge in [-0.3, -0.25) is 5.32 Å². The second-order valence-electron chi connectivity index (χ2n) is 5.09. The number of nitrogens with zero attached hydrogens (tertiary/aromatic N) is 3. The number of carbonyl (C=O) groups is 1. The molecular formula is C15H15N5O2S. The Kier molecular flexibility index (Phi) is 4.68. The lowest BCUT2D eigenvalue weighted by Gasteiger charge is -2.07. The standard InChI is InChI=1S/C15H15N5O2S/c16-9-10-1-5-12(6-2-10)22-8-7-17-14(21)18-15-20-19-13(23-15)11-3-4-11/h1-2,5-6,11H,3-4,7-8H2,(H2,17,18,20,21). The molecule has 1 aromatic carbocycles. The molecule has 0 unspecified atom stereocenters. The van der Waals surface area contributed by atoms with E-state index in [1.807, 2.05) is 6.07 Å². The highest BCUT2D eigenvalue weighted by Crippen LogP contribution is 2.41. The summed E-state index contributed by atoms with van der Waals surface area (Å²) in [6.07, 6.45) is 2.32. The third-order valence-corrected chi connectivity index (χ3v) is 4.23. The molecule has 8 heteroatoms. The van der Waals surface area contributed by atoms with Gasteiger partial charge in [0.25, 0.3) is 0 Å². The summed E-state index contributed by atoms with van der Waals surface area (Å²) in [5.41, 5.74) is 0.581. The van der Waals surface area contributed by atoms with Gasteiger partial charge in [-0.1, -0.05) is 11.3 Å². The molecule has 7 nitrogen and oxygen atoms in total. The van der Waals surface area contributed by atoms with Crippen LogP contribution in [0.15, 0.2) is 24.3 Å². The molecule has 23 heavy (non-hydrogen) atoms. The first kappa shape index (κ1) is 15.2. The first-order valence-corrected chi connectivity index (χ1v) is 8.07. The molecule has 3 rings (SSSR count). The Labute approximate surface area is 137 Å². The molecule has 1 aromatic heterocycles. The summed E-state index contributed by atoms with van der Waals surface area (Å²) >= 11 is 1.42. The number of ether oxygens (including phenoxy) is 1. The molecule has 1 fully saturated rings. The van der Waals surface area contributed by atoms with Gasteiger partial charge in [-0.15, -0.1) is 10.2 Å². The van der Waals surface area contributed by atoms with Gasteiger partial charge < -0.3 is 10.1 Å². The van der Waals surface area contributed by atoms with Crippen LogP contribution in [0.25, 0.3) is 0 Å². The molecule has 0 bridgehead atoms. The van der Waals surface area contributed by atoms with Crippen LogP contribution < -0.4 is 15.4 Å². The van der Waals surface area contributed by atoms with Crippen molar-refractivity contribution in [1.29, 1.82) is 5.26 Å². The van der Waals surface area contributed by atoms with E-state index in [2.05, 4.69) is 20.8 Å². The van der Waals surface area contributed by atoms with E-state index in [0.717, 1.165) is 17.8 Å². The molecule has 1 heterocycles. The van der Waals surface area contributed by atoms with E-state index in [1.54, 1.807) is 24.3 Å². The monoisotopic (exact) mass is 329 g/mol. The van der Waals surface area contributed by atoms with Crippen molar-refractivity contribution in [2.75, 3.05) is 18.5 Å². The van der Waals surface area contributed by atoms with Crippen LogP contribution in [-0.2, 0) is 0 Å². The number of anilines is 1. The first-order chi connectivity index (χ1) is 11.2. The van der Waals surface area contributed by atoms with Crippen molar-refractivity contribution in [1.82, 2.24) is 15.5 Å². The molecule has 2 amide bonds. The van der Waals surface area contributed by atoms with Crippen LogP contribution >= 0.6 is 11.3 Å². The highest BCUT2D eigenvalue weighted by Gasteiger charge is 2.27. The number of hydrogen-bond acceptors (Lipinski definition) is 6. The number of benzene rings is 1. The number of nitrogens with one attached hydrogen (secondary N) is 2. The number of rotatable bonds is 6. The fourth-order valence-corrected chi connectivity index (χ4v) is 2.79. The maximum Gasteiger partial charge on any atom is 0.321 e. The van der Waals surface area contributed by atoms with Crippen molar-refractivity contribution in [3.63, 3.8) is 0 Å². The Hall–Kier alpha value is -2.66. The molecular weight excluding hydrogens is 314 g/mol. The Balaban J connectivity index is 1.36. The highest BCUT2D eigenvalue weighted by atomic mass is 32.1. The van der Waals surface area contributed by atoms with E-state index in [4.69, 9.17) is 10.00 Å². The molecule has 1 aliphatic carbocycles. The Morgan fingerprint density at radius 1 is 1.35 bits per heavy atom. The third kappa shape index (κ3) is 4.40. The van der Waals surface area contributed by atoms with Gasteiger partial charge in [0.15, 0.2) is 0 Å². The molecule has 2 N–H and O–H groups in total. The minimum absolute atomic E-state index is 0.327. The number of hydrogen-bond donors (Lipinski definition) is 2. The number of carbonyl (C=O) groups excluding carboxylic acids is 1. The van der Waals surface area contributed by atoms with Crippen LogP contribution in [0, 0.1) is 11.3 Å². The molecule has 0 radical (unpaired) electrons. The normalized spacial score (nSPS) is 13.2. The molecule has 1 saturated carbocycles. The molecule has 2 aromatic rings. The van der Waals surface area contributed by atoms with E-state index in [1.165, 1.54) is 11.3 Å². The Bertz CT molecular complexity index is 718. The van der Waals surface area contributed by atoms with Gasteiger partial charge in [0.05, 0.1) is 18.2 Å². The van der Waals surface area contributed by atoms with Crippen molar-refractivity contribution in [3.05, 3.63) is 34.8 Å². The van der Waals surface area contributed by atoms with Crippen LogP contribution in [0.2, 0.25) is 0 Å². The quantitative estimate of drug-likeness (QED) is 0.793. The summed E-state index contributed by atoms with van der Waals surface area (Å²) < 4.78 is 5.47. The van der Waals surface area contributed by atoms with E-state index in [0.29, 0.717) is 35.5 Å². The van der Waals surface area contributed by atoms with Gasteiger partial charge in [0.2, 0.25) is 5.13 Å². The average Bonchev–Trinajstić information content (AvgIpc) is 3.32. The van der Waals surface area contributed by atoms with Crippen molar-refractivity contribution in [2.24, 2.45) is 0 Å². The van der Waals surface area contributed by atoms with Gasteiger partial charge in [-0.05, 0) is 37.1 Å². The zero-order valence-corrected chi connectivity index (χ0v) is 13.1. The van der Waals surface area contributed by atoms with E-state index < -0.39 is 0 Å². The zero-order valence-electron chi connectivity index (χ0n) is 12.3. The predicted octanol–water partition coefficient (Wildman–Crippen LogP) is 2.49. The van der Waals surface area contributed by atoms with Gasteiger partial charge in [-0.2, -0.15) is 5.26 Å². The highest BCUT2D eigenvalue weighted by molar-refractivity contribution is 7.15. The second kappa shape index (κ2) is 7.07. The SMILES string of the molecule is N#Cc1ccc(OCCNC(=O)Nc2nnc(C3CC3)s2)cc1. The summed E-state index contributed by atoms with van der Waals surface area (Å²) in [5, 5.41) is 23.6. The summed E-state index contributed by atoms with van der Waals surface area (Å²) in [5.74, 6) is 1.19. The van der Waals surface area contributed by atoms with Crippen molar-refractivity contribution in [2.45, 2.75) is 18.8 Å². The number of amides is 2. The van der Waals surface area contributed by atoms with Crippen molar-refractivity contribution >= 4 is 22.5 Å². The van der Waals surface area contributed by atoms with Gasteiger partial charge in [0.1, 0.15) is 17.4 Å². The number of nitriles is 1. The molecule has 0 atom stereocenters. The van der Waals surface area contributed by atoms with Gasteiger partial charge >= 0.3 is 6.03 Å². The molecule has 0 saturated heterocycles. The average molecular weight is 329 g/mol. The summed E-state index contributed by atoms with van der Waals surface area (Å²) in [6, 6.07) is 8.52. The maximum absolute atomic E-state index is 11.7. The smallest absolute Gasteiger partial charge is 0.321 e. The minimum Gasteiger partial charge on any atom is -0.492 e. The van der Waals surface area contributed by atoms with Gasteiger partial charge in [-0.25, -0.2) is 4.79 Å². The Morgan fingerprint density at radius 3 is 2.83 bits per heavy atom. The number of aromatic nitrogens is 2. The molecule has 1 aliphatic rings. The van der Waals surface area contributed by atoms with Crippen molar-refractivity contribution in [3.8, 4) is 11.8 Å². The van der Waals surface area contributed by atoms with Crippen molar-refractivity contribution < 1.29 is 9.53 Å². The summed E-state index contributed by atoms with van der Waals surface area (Å²) in [6.45, 7) is 0.697. The maximum atomic E-state index is 11.7. The lowest BCUT2D eigenvalue weighted by Crippen LogP contribution is -2.32. The topological polar surface area (TPSA) is 99.9 Å². The fourth-order valence-electron chi connectivity index (χ4n) is 1.88. The molecule has 0 aliphatic heterocycles. The lowest BCUT2D eigenvalue weighted by molar-refractivity contribution is 0.247. The molecule has 118 valence electrons.